The second-order valence-electron chi connectivity index (χ2n) is 13.5. The van der Waals surface area contributed by atoms with Gasteiger partial charge in [-0.25, -0.2) is 8.78 Å². The summed E-state index contributed by atoms with van der Waals surface area (Å²) in [4.78, 5) is 14.3. The van der Waals surface area contributed by atoms with Crippen molar-refractivity contribution in [2.45, 2.75) is 76.2 Å². The number of ether oxygens (including phenoxy) is 1. The van der Waals surface area contributed by atoms with E-state index in [0.717, 1.165) is 56.4 Å². The van der Waals surface area contributed by atoms with Gasteiger partial charge >= 0.3 is 6.01 Å². The van der Waals surface area contributed by atoms with E-state index < -0.39 is 12.0 Å². The van der Waals surface area contributed by atoms with Crippen LogP contribution < -0.4 is 19.5 Å². The molecule has 2 aromatic carbocycles. The molecule has 8 rings (SSSR count). The topological polar surface area (TPSA) is 57.4 Å². The molecule has 10 heteroatoms. The fourth-order valence-corrected chi connectivity index (χ4v) is 8.62. The zero-order chi connectivity index (χ0) is 31.0. The van der Waals surface area contributed by atoms with Gasteiger partial charge in [-0.05, 0) is 62.2 Å². The molecule has 4 aromatic rings. The first-order chi connectivity index (χ1) is 21.8. The molecule has 0 radical (unpaired) electrons. The number of alkyl halides is 1. The summed E-state index contributed by atoms with van der Waals surface area (Å²) >= 11 is 0. The largest absolute Gasteiger partial charge is 0.461 e. The number of nitrogens with zero attached hydrogens (tertiary/aromatic N) is 5. The Hall–Kier alpha value is -3.50. The molecule has 4 aliphatic heterocycles. The fourth-order valence-electron chi connectivity index (χ4n) is 8.62. The minimum atomic E-state index is -0.875. The number of anilines is 1. The smallest absolute Gasteiger partial charge is 0.319 e. The number of piperazine rings is 1. The van der Waals surface area contributed by atoms with E-state index in [2.05, 4.69) is 22.0 Å². The number of benzene rings is 2. The Labute approximate surface area is 261 Å². The van der Waals surface area contributed by atoms with E-state index in [4.69, 9.17) is 14.7 Å². The van der Waals surface area contributed by atoms with Gasteiger partial charge in [0.05, 0.1) is 11.1 Å². The third-order valence-corrected chi connectivity index (χ3v) is 11.0. The highest BCUT2D eigenvalue weighted by atomic mass is 19.1. The van der Waals surface area contributed by atoms with Gasteiger partial charge in [0, 0.05) is 49.9 Å². The summed E-state index contributed by atoms with van der Waals surface area (Å²) in [6.07, 6.45) is 3.97. The van der Waals surface area contributed by atoms with Crippen LogP contribution in [0.5, 0.6) is 6.01 Å². The molecule has 236 valence electrons. The Balaban J connectivity index is 1.34. The van der Waals surface area contributed by atoms with Crippen LogP contribution in [0.1, 0.15) is 50.3 Å². The van der Waals surface area contributed by atoms with Crippen molar-refractivity contribution in [2.75, 3.05) is 37.7 Å². The first kappa shape index (κ1) is 28.9. The third kappa shape index (κ3) is 4.50. The Morgan fingerprint density at radius 3 is 2.84 bits per heavy atom. The minimum Gasteiger partial charge on any atom is -0.461 e. The number of fused-ring (bicyclic) bond motifs is 4. The van der Waals surface area contributed by atoms with Crippen LogP contribution >= 0.6 is 0 Å². The van der Waals surface area contributed by atoms with Crippen molar-refractivity contribution in [1.29, 1.82) is 0 Å². The van der Waals surface area contributed by atoms with Gasteiger partial charge in [-0.1, -0.05) is 25.1 Å². The number of aromatic nitrogens is 3. The monoisotopic (exact) mass is 617 g/mol. The van der Waals surface area contributed by atoms with Crippen LogP contribution in [0.15, 0.2) is 30.3 Å². The minimum absolute atomic E-state index is 0.123. The van der Waals surface area contributed by atoms with Gasteiger partial charge in [0.1, 0.15) is 36.5 Å². The summed E-state index contributed by atoms with van der Waals surface area (Å²) in [7, 11) is 1.90. The summed E-state index contributed by atoms with van der Waals surface area (Å²) in [5.74, 6) is -0.106. The highest BCUT2D eigenvalue weighted by Crippen LogP contribution is 2.42. The zero-order valence-electron chi connectivity index (χ0n) is 26.2. The number of hydrogen-bond donors (Lipinski definition) is 1. The number of hydrogen-bond acceptors (Lipinski definition) is 6. The Morgan fingerprint density at radius 1 is 1.13 bits per heavy atom. The lowest BCUT2D eigenvalue weighted by Gasteiger charge is -2.40. The van der Waals surface area contributed by atoms with Crippen molar-refractivity contribution < 1.29 is 22.5 Å². The molecule has 4 atom stereocenters. The van der Waals surface area contributed by atoms with Crippen LogP contribution in [0, 0.1) is 18.6 Å². The third-order valence-electron chi connectivity index (χ3n) is 11.0. The summed E-state index contributed by atoms with van der Waals surface area (Å²) in [6, 6.07) is 9.47. The summed E-state index contributed by atoms with van der Waals surface area (Å²) in [5.41, 5.74) is 2.27. The van der Waals surface area contributed by atoms with Gasteiger partial charge in [-0.2, -0.15) is 18.9 Å². The maximum Gasteiger partial charge on any atom is 0.319 e. The van der Waals surface area contributed by atoms with Crippen molar-refractivity contribution in [3.63, 3.8) is 0 Å². The van der Waals surface area contributed by atoms with E-state index in [0.29, 0.717) is 52.8 Å². The van der Waals surface area contributed by atoms with Gasteiger partial charge in [-0.15, -0.1) is 0 Å². The van der Waals surface area contributed by atoms with Crippen LogP contribution in [-0.4, -0.2) is 71.4 Å². The molecule has 3 saturated heterocycles. The first-order valence-electron chi connectivity index (χ1n) is 16.4. The molecule has 6 heterocycles. The number of pyridine rings is 1. The average molecular weight is 618 g/mol. The molecular formula is C35H40F3N6O+. The molecule has 2 aromatic heterocycles. The van der Waals surface area contributed by atoms with E-state index in [1.54, 1.807) is 13.0 Å². The van der Waals surface area contributed by atoms with Crippen LogP contribution in [-0.2, 0) is 13.5 Å². The van der Waals surface area contributed by atoms with Crippen LogP contribution in [0.25, 0.3) is 32.9 Å². The SMILES string of the molecule is CC[C@@H]1CN2c3nc(OC[C@@]45CCCN4C[C@H](F)C5)nc4c(F)c(-c5cccc6ccc(F)c(C)c56)[n+](C)c(c34)CC[C@H]2CN1. The Bertz CT molecular complexity index is 1830. The molecule has 0 bridgehead atoms. The van der Waals surface area contributed by atoms with E-state index >= 15 is 4.39 Å². The van der Waals surface area contributed by atoms with E-state index in [1.165, 1.54) is 6.07 Å². The van der Waals surface area contributed by atoms with Crippen molar-refractivity contribution in [3.05, 3.63) is 53.2 Å². The molecule has 7 nitrogen and oxygen atoms in total. The van der Waals surface area contributed by atoms with Crippen LogP contribution in [0.4, 0.5) is 19.0 Å². The van der Waals surface area contributed by atoms with E-state index in [1.807, 2.05) is 29.8 Å². The van der Waals surface area contributed by atoms with Gasteiger partial charge in [0.2, 0.25) is 5.82 Å². The quantitative estimate of drug-likeness (QED) is 0.306. The first-order valence-corrected chi connectivity index (χ1v) is 16.4. The molecular weight excluding hydrogens is 577 g/mol. The van der Waals surface area contributed by atoms with Crippen molar-refractivity contribution in [2.24, 2.45) is 7.05 Å². The van der Waals surface area contributed by atoms with E-state index in [9.17, 15) is 8.78 Å². The molecule has 0 unspecified atom stereocenters. The maximum absolute atomic E-state index is 17.2. The highest BCUT2D eigenvalue weighted by Gasteiger charge is 2.49. The Kier molecular flexibility index (Phi) is 6.94. The molecule has 1 N–H and O–H groups in total. The van der Waals surface area contributed by atoms with Crippen molar-refractivity contribution in [3.8, 4) is 17.3 Å². The lowest BCUT2D eigenvalue weighted by molar-refractivity contribution is -0.667. The summed E-state index contributed by atoms with van der Waals surface area (Å²) in [6.45, 7) is 7.03. The number of aryl methyl sites for hydroxylation is 2. The predicted octanol–water partition coefficient (Wildman–Crippen LogP) is 5.32. The predicted molar refractivity (Wildman–Crippen MR) is 168 cm³/mol. The average Bonchev–Trinajstić information content (AvgIpc) is 3.51. The van der Waals surface area contributed by atoms with Gasteiger partial charge in [0.15, 0.2) is 11.5 Å². The molecule has 0 spiro atoms. The molecule has 0 aliphatic carbocycles. The normalized spacial score (nSPS) is 26.4. The van der Waals surface area contributed by atoms with Crippen molar-refractivity contribution >= 4 is 27.5 Å². The molecule has 45 heavy (non-hydrogen) atoms. The molecule has 0 saturated carbocycles. The standard InChI is InChI=1S/C35H40F3N6O/c1-4-23-18-44-24(16-39-23)10-12-27-29-31(40-34(41-33(29)44)45-19-35-13-6-14-43(35)17-22(36)15-35)30(38)32(42(27)3)25-8-5-7-21-9-11-26(37)20(2)28(21)25/h5,7-9,11,22-24,39H,4,6,10,12-19H2,1-3H3/q+1/t22-,23-,24+,35+/m1/s1. The number of rotatable bonds is 5. The molecule has 3 fully saturated rings. The lowest BCUT2D eigenvalue weighted by atomic mass is 9.95. The van der Waals surface area contributed by atoms with Crippen molar-refractivity contribution in [1.82, 2.24) is 20.2 Å². The van der Waals surface area contributed by atoms with E-state index in [-0.39, 0.29) is 41.6 Å². The Morgan fingerprint density at radius 2 is 2.00 bits per heavy atom. The summed E-state index contributed by atoms with van der Waals surface area (Å²) < 4.78 is 55.0. The van der Waals surface area contributed by atoms with Gasteiger partial charge in [-0.3, -0.25) is 4.90 Å². The molecule has 0 amide bonds. The zero-order valence-corrected chi connectivity index (χ0v) is 26.2. The molecule has 4 aliphatic rings. The van der Waals surface area contributed by atoms with Crippen LogP contribution in [0.2, 0.25) is 0 Å². The van der Waals surface area contributed by atoms with Crippen LogP contribution in [0.3, 0.4) is 0 Å². The van der Waals surface area contributed by atoms with Gasteiger partial charge in [0.25, 0.3) is 5.69 Å². The number of halogens is 3. The second kappa shape index (κ2) is 10.8. The summed E-state index contributed by atoms with van der Waals surface area (Å²) in [5, 5.41) is 5.92. The maximum atomic E-state index is 17.2. The van der Waals surface area contributed by atoms with Gasteiger partial charge < -0.3 is 15.0 Å². The lowest BCUT2D eigenvalue weighted by Crippen LogP contribution is -2.56. The second-order valence-corrected chi connectivity index (χ2v) is 13.5. The number of nitrogens with one attached hydrogen (secondary N) is 1. The fraction of sp³-hybridized carbons (Fsp3) is 0.514. The highest BCUT2D eigenvalue weighted by molar-refractivity contribution is 6.00.